The molecule has 0 radical (unpaired) electrons. The topological polar surface area (TPSA) is 72.2 Å². The Labute approximate surface area is 137 Å². The number of benzene rings is 2. The van der Waals surface area contributed by atoms with Gasteiger partial charge in [0.25, 0.3) is 10.0 Å². The Balaban J connectivity index is 2.35. The van der Waals surface area contributed by atoms with Gasteiger partial charge in [-0.05, 0) is 54.4 Å². The van der Waals surface area contributed by atoms with Gasteiger partial charge in [-0.3, -0.25) is 4.72 Å². The first-order valence-electron chi connectivity index (χ1n) is 6.11. The highest BCUT2D eigenvalue weighted by Gasteiger charge is 2.16. The van der Waals surface area contributed by atoms with Crippen molar-refractivity contribution >= 4 is 43.2 Å². The van der Waals surface area contributed by atoms with Gasteiger partial charge in [0.15, 0.2) is 0 Å². The Hall–Kier alpha value is -1.08. The molecule has 3 N–H and O–H groups in total. The van der Waals surface area contributed by atoms with Gasteiger partial charge >= 0.3 is 0 Å². The molecule has 0 saturated heterocycles. The second kappa shape index (κ2) is 6.36. The lowest BCUT2D eigenvalue weighted by atomic mass is 10.2. The van der Waals surface area contributed by atoms with Crippen LogP contribution in [0, 0.1) is 6.92 Å². The third kappa shape index (κ3) is 3.77. The summed E-state index contributed by atoms with van der Waals surface area (Å²) in [5, 5.41) is 0.455. The van der Waals surface area contributed by atoms with Gasteiger partial charge in [-0.2, -0.15) is 0 Å². The van der Waals surface area contributed by atoms with Crippen molar-refractivity contribution in [2.24, 2.45) is 5.73 Å². The molecule has 0 bridgehead atoms. The molecule has 0 amide bonds. The third-order valence-electron chi connectivity index (χ3n) is 2.96. The minimum Gasteiger partial charge on any atom is -0.326 e. The molecule has 7 heteroatoms. The van der Waals surface area contributed by atoms with Gasteiger partial charge in [0.1, 0.15) is 0 Å². The lowest BCUT2D eigenvalue weighted by molar-refractivity contribution is 0.601. The summed E-state index contributed by atoms with van der Waals surface area (Å²) in [7, 11) is -3.67. The number of aryl methyl sites for hydroxylation is 1. The third-order valence-corrected chi connectivity index (χ3v) is 5.60. The molecular formula is C14H14BrClN2O2S. The molecule has 0 atom stereocenters. The molecule has 0 heterocycles. The Morgan fingerprint density at radius 2 is 1.95 bits per heavy atom. The second-order valence-electron chi connectivity index (χ2n) is 4.53. The van der Waals surface area contributed by atoms with Crippen molar-refractivity contribution in [3.63, 3.8) is 0 Å². The highest BCUT2D eigenvalue weighted by atomic mass is 79.9. The highest BCUT2D eigenvalue weighted by molar-refractivity contribution is 9.10. The summed E-state index contributed by atoms with van der Waals surface area (Å²) in [4.78, 5) is 0.132. The van der Waals surface area contributed by atoms with Crippen LogP contribution in [0.1, 0.15) is 11.1 Å². The molecule has 0 saturated carbocycles. The molecule has 0 aromatic heterocycles. The molecule has 2 aromatic carbocycles. The molecule has 0 unspecified atom stereocenters. The Morgan fingerprint density at radius 1 is 1.24 bits per heavy atom. The molecule has 112 valence electrons. The lowest BCUT2D eigenvalue weighted by Gasteiger charge is -2.11. The van der Waals surface area contributed by atoms with Crippen LogP contribution in [-0.4, -0.2) is 8.42 Å². The Morgan fingerprint density at radius 3 is 2.57 bits per heavy atom. The van der Waals surface area contributed by atoms with Crippen LogP contribution in [-0.2, 0) is 16.6 Å². The fourth-order valence-electron chi connectivity index (χ4n) is 1.80. The van der Waals surface area contributed by atoms with Crippen LogP contribution in [0.3, 0.4) is 0 Å². The van der Waals surface area contributed by atoms with Crippen LogP contribution >= 0.6 is 27.5 Å². The van der Waals surface area contributed by atoms with E-state index < -0.39 is 10.0 Å². The van der Waals surface area contributed by atoms with Gasteiger partial charge in [-0.15, -0.1) is 0 Å². The summed E-state index contributed by atoms with van der Waals surface area (Å²) in [6, 6.07) is 9.70. The van der Waals surface area contributed by atoms with Crippen molar-refractivity contribution in [3.8, 4) is 0 Å². The number of hydrogen-bond acceptors (Lipinski definition) is 3. The molecule has 2 aromatic rings. The largest absolute Gasteiger partial charge is 0.326 e. The molecule has 21 heavy (non-hydrogen) atoms. The van der Waals surface area contributed by atoms with Crippen LogP contribution in [0.5, 0.6) is 0 Å². The van der Waals surface area contributed by atoms with Crippen molar-refractivity contribution in [2.45, 2.75) is 18.4 Å². The van der Waals surface area contributed by atoms with E-state index in [1.54, 1.807) is 18.2 Å². The van der Waals surface area contributed by atoms with E-state index in [9.17, 15) is 8.42 Å². The van der Waals surface area contributed by atoms with Crippen LogP contribution in [0.2, 0.25) is 5.02 Å². The molecule has 0 aliphatic rings. The molecule has 0 aliphatic carbocycles. The summed E-state index contributed by atoms with van der Waals surface area (Å²) >= 11 is 9.32. The average molecular weight is 390 g/mol. The fourth-order valence-corrected chi connectivity index (χ4v) is 3.34. The quantitative estimate of drug-likeness (QED) is 0.838. The predicted octanol–water partition coefficient (Wildman–Crippen LogP) is 3.67. The highest BCUT2D eigenvalue weighted by Crippen LogP contribution is 2.24. The molecule has 4 nitrogen and oxygen atoms in total. The molecule has 0 fully saturated rings. The van der Waals surface area contributed by atoms with Crippen molar-refractivity contribution in [1.29, 1.82) is 0 Å². The zero-order chi connectivity index (χ0) is 15.6. The molecule has 0 spiro atoms. The number of nitrogens with two attached hydrogens (primary N) is 1. The Kier molecular flexibility index (Phi) is 4.93. The van der Waals surface area contributed by atoms with E-state index in [1.165, 1.54) is 18.2 Å². The maximum absolute atomic E-state index is 12.4. The summed E-state index contributed by atoms with van der Waals surface area (Å²) in [6.07, 6.45) is 0. The maximum Gasteiger partial charge on any atom is 0.261 e. The number of anilines is 1. The van der Waals surface area contributed by atoms with E-state index in [1.807, 2.05) is 6.92 Å². The first kappa shape index (κ1) is 16.3. The lowest BCUT2D eigenvalue weighted by Crippen LogP contribution is -2.13. The first-order chi connectivity index (χ1) is 9.83. The molecule has 2 rings (SSSR count). The van der Waals surface area contributed by atoms with Gasteiger partial charge < -0.3 is 5.73 Å². The predicted molar refractivity (Wildman–Crippen MR) is 89.0 cm³/mol. The van der Waals surface area contributed by atoms with Crippen LogP contribution in [0.4, 0.5) is 5.69 Å². The van der Waals surface area contributed by atoms with E-state index in [-0.39, 0.29) is 11.4 Å². The number of hydrogen-bond donors (Lipinski definition) is 2. The summed E-state index contributed by atoms with van der Waals surface area (Å²) in [6.45, 7) is 2.07. The number of halogens is 2. The summed E-state index contributed by atoms with van der Waals surface area (Å²) in [5.74, 6) is 0. The second-order valence-corrected chi connectivity index (χ2v) is 7.47. The zero-order valence-corrected chi connectivity index (χ0v) is 14.4. The van der Waals surface area contributed by atoms with Crippen molar-refractivity contribution < 1.29 is 8.42 Å². The Bertz CT molecular complexity index is 779. The zero-order valence-electron chi connectivity index (χ0n) is 11.2. The van der Waals surface area contributed by atoms with Gasteiger partial charge in [0.2, 0.25) is 0 Å². The normalized spacial score (nSPS) is 11.4. The van der Waals surface area contributed by atoms with Crippen molar-refractivity contribution in [1.82, 2.24) is 0 Å². The van der Waals surface area contributed by atoms with Crippen molar-refractivity contribution in [3.05, 3.63) is 57.0 Å². The van der Waals surface area contributed by atoms with Gasteiger partial charge in [-0.1, -0.05) is 27.5 Å². The standard InChI is InChI=1S/C14H14BrClN2O2S/c1-9-6-11(2-4-13(9)15)18-21(19,20)12-3-5-14(16)10(7-12)8-17/h2-7,18H,8,17H2,1H3. The smallest absolute Gasteiger partial charge is 0.261 e. The monoisotopic (exact) mass is 388 g/mol. The summed E-state index contributed by atoms with van der Waals surface area (Å²) in [5.41, 5.74) is 7.58. The van der Waals surface area contributed by atoms with Crippen LogP contribution in [0.15, 0.2) is 45.8 Å². The van der Waals surface area contributed by atoms with Gasteiger partial charge in [0, 0.05) is 21.7 Å². The minimum atomic E-state index is -3.67. The van der Waals surface area contributed by atoms with Crippen LogP contribution in [0.25, 0.3) is 0 Å². The summed E-state index contributed by atoms with van der Waals surface area (Å²) < 4.78 is 28.2. The minimum absolute atomic E-state index is 0.132. The van der Waals surface area contributed by atoms with E-state index >= 15 is 0 Å². The van der Waals surface area contributed by atoms with Crippen LogP contribution < -0.4 is 10.5 Å². The van der Waals surface area contributed by atoms with Crippen molar-refractivity contribution in [2.75, 3.05) is 4.72 Å². The fraction of sp³-hybridized carbons (Fsp3) is 0.143. The number of sulfonamides is 1. The van der Waals surface area contributed by atoms with E-state index in [0.717, 1.165) is 10.0 Å². The van der Waals surface area contributed by atoms with E-state index in [4.69, 9.17) is 17.3 Å². The first-order valence-corrected chi connectivity index (χ1v) is 8.76. The number of rotatable bonds is 4. The van der Waals surface area contributed by atoms with Gasteiger partial charge in [-0.25, -0.2) is 8.42 Å². The molecule has 0 aliphatic heterocycles. The van der Waals surface area contributed by atoms with Gasteiger partial charge in [0.05, 0.1) is 4.90 Å². The SMILES string of the molecule is Cc1cc(NS(=O)(=O)c2ccc(Cl)c(CN)c2)ccc1Br. The van der Waals surface area contributed by atoms with E-state index in [2.05, 4.69) is 20.7 Å². The maximum atomic E-state index is 12.4. The number of nitrogens with one attached hydrogen (secondary N) is 1. The molecular weight excluding hydrogens is 376 g/mol. The average Bonchev–Trinajstić information content (AvgIpc) is 2.43. The van der Waals surface area contributed by atoms with E-state index in [0.29, 0.717) is 16.3 Å².